The van der Waals surface area contributed by atoms with Gasteiger partial charge in [0.2, 0.25) is 0 Å². The first kappa shape index (κ1) is 10.5. The van der Waals surface area contributed by atoms with Gasteiger partial charge in [-0.2, -0.15) is 0 Å². The maximum Gasteiger partial charge on any atom is 0.0702 e. The van der Waals surface area contributed by atoms with Crippen molar-refractivity contribution in [2.75, 3.05) is 0 Å². The molecule has 0 atom stereocenters. The van der Waals surface area contributed by atoms with E-state index >= 15 is 0 Å². The van der Waals surface area contributed by atoms with Crippen LogP contribution in [0.5, 0.6) is 0 Å². The molecule has 0 radical (unpaired) electrons. The molecule has 86 valence electrons. The van der Waals surface area contributed by atoms with Crippen LogP contribution in [0.1, 0.15) is 29.5 Å². The van der Waals surface area contributed by atoms with Gasteiger partial charge in [-0.3, -0.25) is 4.98 Å². The smallest absolute Gasteiger partial charge is 0.0702 e. The van der Waals surface area contributed by atoms with Gasteiger partial charge in [-0.1, -0.05) is 18.2 Å². The van der Waals surface area contributed by atoms with Crippen molar-refractivity contribution in [2.24, 2.45) is 0 Å². The third-order valence-corrected chi connectivity index (χ3v) is 3.56. The molecule has 1 aliphatic carbocycles. The van der Waals surface area contributed by atoms with Crippen molar-refractivity contribution in [1.29, 1.82) is 0 Å². The first-order valence-corrected chi connectivity index (χ1v) is 6.38. The summed E-state index contributed by atoms with van der Waals surface area (Å²) in [5.41, 5.74) is 6.62. The van der Waals surface area contributed by atoms with Crippen molar-refractivity contribution in [2.45, 2.75) is 32.6 Å². The van der Waals surface area contributed by atoms with Crippen LogP contribution in [-0.2, 0) is 12.8 Å². The summed E-state index contributed by atoms with van der Waals surface area (Å²) in [5, 5.41) is 0. The zero-order valence-electron chi connectivity index (χ0n) is 10.2. The summed E-state index contributed by atoms with van der Waals surface area (Å²) in [7, 11) is 0. The molecule has 1 heteroatoms. The summed E-state index contributed by atoms with van der Waals surface area (Å²) in [6, 6.07) is 11.1. The number of hydrogen-bond donors (Lipinski definition) is 0. The number of rotatable bonds is 1. The highest BCUT2D eigenvalue weighted by Gasteiger charge is 2.10. The zero-order valence-corrected chi connectivity index (χ0v) is 10.2. The van der Waals surface area contributed by atoms with E-state index in [2.05, 4.69) is 42.2 Å². The number of nitrogens with zero attached hydrogens (tertiary/aromatic N) is 1. The molecule has 0 aliphatic heterocycles. The molecule has 17 heavy (non-hydrogen) atoms. The van der Waals surface area contributed by atoms with Gasteiger partial charge in [0.15, 0.2) is 0 Å². The van der Waals surface area contributed by atoms with Gasteiger partial charge in [0.05, 0.1) is 5.69 Å². The highest BCUT2D eigenvalue weighted by Crippen LogP contribution is 2.26. The summed E-state index contributed by atoms with van der Waals surface area (Å²) in [5.74, 6) is 0. The van der Waals surface area contributed by atoms with Crippen LogP contribution in [0.4, 0.5) is 0 Å². The van der Waals surface area contributed by atoms with Crippen LogP contribution in [0, 0.1) is 6.92 Å². The van der Waals surface area contributed by atoms with Crippen molar-refractivity contribution < 1.29 is 0 Å². The number of benzene rings is 1. The predicted octanol–water partition coefficient (Wildman–Crippen LogP) is 3.94. The number of aryl methyl sites for hydroxylation is 3. The molecular formula is C16H17N. The zero-order chi connectivity index (χ0) is 11.7. The van der Waals surface area contributed by atoms with Gasteiger partial charge >= 0.3 is 0 Å². The van der Waals surface area contributed by atoms with Gasteiger partial charge < -0.3 is 0 Å². The van der Waals surface area contributed by atoms with Gasteiger partial charge in [-0.25, -0.2) is 0 Å². The number of pyridine rings is 1. The fourth-order valence-electron chi connectivity index (χ4n) is 2.53. The maximum atomic E-state index is 4.50. The molecule has 0 N–H and O–H groups in total. The summed E-state index contributed by atoms with van der Waals surface area (Å²) < 4.78 is 0. The third kappa shape index (κ3) is 2.10. The molecule has 0 bridgehead atoms. The van der Waals surface area contributed by atoms with E-state index in [9.17, 15) is 0 Å². The molecule has 0 fully saturated rings. The SMILES string of the molecule is Cc1ccc(-c2ccc3c(c2)CCCC3)nc1. The number of hydrogen-bond acceptors (Lipinski definition) is 1. The quantitative estimate of drug-likeness (QED) is 0.713. The molecule has 0 amide bonds. The van der Waals surface area contributed by atoms with Crippen molar-refractivity contribution in [3.63, 3.8) is 0 Å². The Bertz CT molecular complexity index is 526. The Morgan fingerprint density at radius 2 is 1.76 bits per heavy atom. The van der Waals surface area contributed by atoms with E-state index in [0.717, 1.165) is 5.69 Å². The fourth-order valence-corrected chi connectivity index (χ4v) is 2.53. The van der Waals surface area contributed by atoms with Crippen LogP contribution in [-0.4, -0.2) is 4.98 Å². The highest BCUT2D eigenvalue weighted by molar-refractivity contribution is 5.61. The average molecular weight is 223 g/mol. The lowest BCUT2D eigenvalue weighted by Crippen LogP contribution is -2.02. The molecule has 0 saturated carbocycles. The average Bonchev–Trinajstić information content (AvgIpc) is 2.39. The van der Waals surface area contributed by atoms with Crippen molar-refractivity contribution in [1.82, 2.24) is 4.98 Å². The Kier molecular flexibility index (Phi) is 2.68. The normalized spacial score (nSPS) is 14.4. The van der Waals surface area contributed by atoms with E-state index in [1.807, 2.05) is 6.20 Å². The summed E-state index contributed by atoms with van der Waals surface area (Å²) in [4.78, 5) is 4.50. The van der Waals surface area contributed by atoms with Crippen molar-refractivity contribution in [3.8, 4) is 11.3 Å². The Morgan fingerprint density at radius 1 is 0.941 bits per heavy atom. The van der Waals surface area contributed by atoms with Gasteiger partial charge in [0.25, 0.3) is 0 Å². The van der Waals surface area contributed by atoms with Gasteiger partial charge in [0, 0.05) is 11.8 Å². The van der Waals surface area contributed by atoms with Crippen LogP contribution in [0.2, 0.25) is 0 Å². The van der Waals surface area contributed by atoms with Gasteiger partial charge in [-0.05, 0) is 61.4 Å². The minimum Gasteiger partial charge on any atom is -0.256 e. The first-order chi connectivity index (χ1) is 8.33. The van der Waals surface area contributed by atoms with Crippen molar-refractivity contribution in [3.05, 3.63) is 53.2 Å². The van der Waals surface area contributed by atoms with Crippen LogP contribution >= 0.6 is 0 Å². The molecule has 3 rings (SSSR count). The van der Waals surface area contributed by atoms with Gasteiger partial charge in [-0.15, -0.1) is 0 Å². The molecule has 0 spiro atoms. The molecular weight excluding hydrogens is 206 g/mol. The second kappa shape index (κ2) is 4.33. The Balaban J connectivity index is 2.01. The molecule has 2 aromatic rings. The molecule has 1 heterocycles. The van der Waals surface area contributed by atoms with E-state index in [-0.39, 0.29) is 0 Å². The minimum atomic E-state index is 1.09. The molecule has 0 unspecified atom stereocenters. The van der Waals surface area contributed by atoms with Crippen LogP contribution < -0.4 is 0 Å². The molecule has 1 aliphatic rings. The lowest BCUT2D eigenvalue weighted by atomic mass is 9.90. The van der Waals surface area contributed by atoms with E-state index < -0.39 is 0 Å². The van der Waals surface area contributed by atoms with Crippen molar-refractivity contribution >= 4 is 0 Å². The standard InChI is InChI=1S/C16H17N/c1-12-6-9-16(17-11-12)15-8-7-13-4-2-3-5-14(13)10-15/h6-11H,2-5H2,1H3. The summed E-state index contributed by atoms with van der Waals surface area (Å²) >= 11 is 0. The second-order valence-corrected chi connectivity index (χ2v) is 4.91. The lowest BCUT2D eigenvalue weighted by molar-refractivity contribution is 0.686. The minimum absolute atomic E-state index is 1.09. The first-order valence-electron chi connectivity index (χ1n) is 6.38. The summed E-state index contributed by atoms with van der Waals surface area (Å²) in [6.07, 6.45) is 7.09. The number of aromatic nitrogens is 1. The molecule has 1 nitrogen and oxygen atoms in total. The van der Waals surface area contributed by atoms with Crippen LogP contribution in [0.15, 0.2) is 36.5 Å². The molecule has 1 aromatic heterocycles. The summed E-state index contributed by atoms with van der Waals surface area (Å²) in [6.45, 7) is 2.07. The fraction of sp³-hybridized carbons (Fsp3) is 0.312. The largest absolute Gasteiger partial charge is 0.256 e. The Morgan fingerprint density at radius 3 is 2.53 bits per heavy atom. The Hall–Kier alpha value is -1.63. The third-order valence-electron chi connectivity index (χ3n) is 3.56. The van der Waals surface area contributed by atoms with Gasteiger partial charge in [0.1, 0.15) is 0 Å². The highest BCUT2D eigenvalue weighted by atomic mass is 14.7. The predicted molar refractivity (Wildman–Crippen MR) is 71.1 cm³/mol. The second-order valence-electron chi connectivity index (χ2n) is 4.91. The Labute approximate surface area is 103 Å². The van der Waals surface area contributed by atoms with E-state index in [1.54, 1.807) is 0 Å². The van der Waals surface area contributed by atoms with E-state index in [0.29, 0.717) is 0 Å². The lowest BCUT2D eigenvalue weighted by Gasteiger charge is -2.16. The van der Waals surface area contributed by atoms with Crippen LogP contribution in [0.25, 0.3) is 11.3 Å². The topological polar surface area (TPSA) is 12.9 Å². The monoisotopic (exact) mass is 223 g/mol. The number of fused-ring (bicyclic) bond motifs is 1. The van der Waals surface area contributed by atoms with Crippen LogP contribution in [0.3, 0.4) is 0 Å². The molecule has 0 saturated heterocycles. The van der Waals surface area contributed by atoms with E-state index in [1.165, 1.54) is 47.9 Å². The maximum absolute atomic E-state index is 4.50. The molecule has 1 aromatic carbocycles. The van der Waals surface area contributed by atoms with E-state index in [4.69, 9.17) is 0 Å².